The van der Waals surface area contributed by atoms with Crippen LogP contribution in [0.2, 0.25) is 0 Å². The standard InChI is InChI=1S/C6H9Cl2NO.C2H6/c1-4-2-3-6(7,8)5(10)9-4;1-2/h4H,2-3H2,1H3,(H,9,10);1-2H3. The molecule has 1 unspecified atom stereocenters. The Morgan fingerprint density at radius 3 is 2.33 bits per heavy atom. The number of hydrogen-bond acceptors (Lipinski definition) is 1. The van der Waals surface area contributed by atoms with Gasteiger partial charge < -0.3 is 5.32 Å². The van der Waals surface area contributed by atoms with Crippen molar-refractivity contribution in [3.63, 3.8) is 0 Å². The largest absolute Gasteiger partial charge is 0.351 e. The molecule has 1 heterocycles. The molecule has 0 aromatic rings. The molecule has 4 heteroatoms. The maximum absolute atomic E-state index is 11.0. The second-order valence-electron chi connectivity index (χ2n) is 2.62. The van der Waals surface area contributed by atoms with Gasteiger partial charge in [0.25, 0.3) is 5.91 Å². The van der Waals surface area contributed by atoms with Gasteiger partial charge in [-0.3, -0.25) is 4.79 Å². The van der Waals surface area contributed by atoms with Gasteiger partial charge in [0, 0.05) is 6.04 Å². The minimum Gasteiger partial charge on any atom is -0.351 e. The summed E-state index contributed by atoms with van der Waals surface area (Å²) < 4.78 is -1.19. The highest BCUT2D eigenvalue weighted by atomic mass is 35.5. The summed E-state index contributed by atoms with van der Waals surface area (Å²) >= 11 is 11.3. The molecule has 0 bridgehead atoms. The van der Waals surface area contributed by atoms with E-state index in [4.69, 9.17) is 23.2 Å². The van der Waals surface area contributed by atoms with Crippen molar-refractivity contribution in [1.29, 1.82) is 0 Å². The summed E-state index contributed by atoms with van der Waals surface area (Å²) in [6.07, 6.45) is 1.39. The van der Waals surface area contributed by atoms with Gasteiger partial charge in [0.2, 0.25) is 0 Å². The molecule has 1 amide bonds. The minimum absolute atomic E-state index is 0.207. The third kappa shape index (κ3) is 3.20. The fraction of sp³-hybridized carbons (Fsp3) is 0.875. The summed E-state index contributed by atoms with van der Waals surface area (Å²) in [6.45, 7) is 5.93. The Balaban J connectivity index is 0.000000561. The molecule has 1 fully saturated rings. The number of amides is 1. The Kier molecular flexibility index (Phi) is 4.95. The van der Waals surface area contributed by atoms with Crippen LogP contribution in [-0.4, -0.2) is 16.3 Å². The Labute approximate surface area is 83.6 Å². The second-order valence-corrected chi connectivity index (χ2v) is 4.10. The van der Waals surface area contributed by atoms with Crippen LogP contribution in [0.1, 0.15) is 33.6 Å². The molecule has 1 saturated heterocycles. The molecule has 72 valence electrons. The quantitative estimate of drug-likeness (QED) is 0.614. The van der Waals surface area contributed by atoms with Gasteiger partial charge in [-0.1, -0.05) is 37.0 Å². The lowest BCUT2D eigenvalue weighted by Crippen LogP contribution is -2.48. The van der Waals surface area contributed by atoms with E-state index in [-0.39, 0.29) is 11.9 Å². The summed E-state index contributed by atoms with van der Waals surface area (Å²) in [4.78, 5) is 11.0. The number of carbonyl (C=O) groups excluding carboxylic acids is 1. The smallest absolute Gasteiger partial charge is 0.256 e. The number of carbonyl (C=O) groups is 1. The third-order valence-electron chi connectivity index (χ3n) is 1.60. The van der Waals surface area contributed by atoms with Crippen molar-refractivity contribution in [2.24, 2.45) is 0 Å². The predicted octanol–water partition coefficient (Wildman–Crippen LogP) is 2.49. The van der Waals surface area contributed by atoms with Crippen LogP contribution in [-0.2, 0) is 4.79 Å². The first-order valence-electron chi connectivity index (χ1n) is 4.21. The van der Waals surface area contributed by atoms with Gasteiger partial charge in [0.05, 0.1) is 0 Å². The first-order valence-corrected chi connectivity index (χ1v) is 4.97. The lowest BCUT2D eigenvalue weighted by atomic mass is 10.1. The van der Waals surface area contributed by atoms with E-state index in [9.17, 15) is 4.79 Å². The molecule has 1 atom stereocenters. The zero-order valence-electron chi connectivity index (χ0n) is 7.66. The number of rotatable bonds is 0. The highest BCUT2D eigenvalue weighted by Gasteiger charge is 2.37. The lowest BCUT2D eigenvalue weighted by molar-refractivity contribution is -0.123. The molecular weight excluding hydrogens is 197 g/mol. The fourth-order valence-corrected chi connectivity index (χ4v) is 1.24. The average Bonchev–Trinajstić information content (AvgIpc) is 2.03. The zero-order chi connectivity index (χ0) is 9.78. The van der Waals surface area contributed by atoms with Gasteiger partial charge in [0.1, 0.15) is 0 Å². The van der Waals surface area contributed by atoms with Gasteiger partial charge in [-0.2, -0.15) is 0 Å². The number of nitrogens with one attached hydrogen (secondary N) is 1. The number of piperidine rings is 1. The van der Waals surface area contributed by atoms with Gasteiger partial charge in [-0.25, -0.2) is 0 Å². The summed E-state index contributed by atoms with van der Waals surface area (Å²) in [7, 11) is 0. The summed E-state index contributed by atoms with van der Waals surface area (Å²) in [5.41, 5.74) is 0. The normalized spacial score (nSPS) is 26.8. The van der Waals surface area contributed by atoms with Gasteiger partial charge >= 0.3 is 0 Å². The number of hydrogen-bond donors (Lipinski definition) is 1. The molecule has 0 aliphatic carbocycles. The van der Waals surface area contributed by atoms with Crippen LogP contribution in [0.15, 0.2) is 0 Å². The van der Waals surface area contributed by atoms with Crippen LogP contribution < -0.4 is 5.32 Å². The molecule has 1 aliphatic heterocycles. The van der Waals surface area contributed by atoms with Crippen molar-refractivity contribution in [3.8, 4) is 0 Å². The highest BCUT2D eigenvalue weighted by molar-refractivity contribution is 6.58. The van der Waals surface area contributed by atoms with Gasteiger partial charge in [-0.05, 0) is 19.8 Å². The van der Waals surface area contributed by atoms with E-state index in [0.717, 1.165) is 6.42 Å². The number of alkyl halides is 2. The summed E-state index contributed by atoms with van der Waals surface area (Å²) in [5.74, 6) is -0.269. The lowest BCUT2D eigenvalue weighted by Gasteiger charge is -2.28. The van der Waals surface area contributed by atoms with Crippen LogP contribution in [0, 0.1) is 0 Å². The van der Waals surface area contributed by atoms with Crippen molar-refractivity contribution in [2.75, 3.05) is 0 Å². The Bertz CT molecular complexity index is 159. The summed E-state index contributed by atoms with van der Waals surface area (Å²) in [6, 6.07) is 0.207. The highest BCUT2D eigenvalue weighted by Crippen LogP contribution is 2.30. The third-order valence-corrected chi connectivity index (χ3v) is 2.32. The van der Waals surface area contributed by atoms with Crippen molar-refractivity contribution >= 4 is 29.1 Å². The second kappa shape index (κ2) is 4.93. The molecule has 0 saturated carbocycles. The van der Waals surface area contributed by atoms with E-state index in [1.54, 1.807) is 0 Å². The molecule has 0 radical (unpaired) electrons. The van der Waals surface area contributed by atoms with E-state index in [1.165, 1.54) is 0 Å². The SMILES string of the molecule is CC.CC1CCC(Cl)(Cl)C(=O)N1. The van der Waals surface area contributed by atoms with Crippen LogP contribution >= 0.6 is 23.2 Å². The molecule has 0 aromatic carbocycles. The maximum atomic E-state index is 11.0. The van der Waals surface area contributed by atoms with Crippen molar-refractivity contribution in [1.82, 2.24) is 5.32 Å². The Morgan fingerprint density at radius 1 is 1.50 bits per heavy atom. The van der Waals surface area contributed by atoms with E-state index in [0.29, 0.717) is 6.42 Å². The van der Waals surface area contributed by atoms with E-state index >= 15 is 0 Å². The van der Waals surface area contributed by atoms with Crippen molar-refractivity contribution < 1.29 is 4.79 Å². The molecule has 0 aromatic heterocycles. The molecular formula is C8H15Cl2NO. The molecule has 12 heavy (non-hydrogen) atoms. The topological polar surface area (TPSA) is 29.1 Å². The average molecular weight is 212 g/mol. The Morgan fingerprint density at radius 2 is 2.00 bits per heavy atom. The van der Waals surface area contributed by atoms with E-state index < -0.39 is 4.33 Å². The fourth-order valence-electron chi connectivity index (χ4n) is 0.913. The molecule has 2 nitrogen and oxygen atoms in total. The first-order chi connectivity index (χ1) is 5.52. The van der Waals surface area contributed by atoms with Gasteiger partial charge in [0.15, 0.2) is 4.33 Å². The molecule has 1 N–H and O–H groups in total. The monoisotopic (exact) mass is 211 g/mol. The van der Waals surface area contributed by atoms with Crippen molar-refractivity contribution in [3.05, 3.63) is 0 Å². The van der Waals surface area contributed by atoms with Crippen LogP contribution in [0.4, 0.5) is 0 Å². The summed E-state index contributed by atoms with van der Waals surface area (Å²) in [5, 5.41) is 2.67. The maximum Gasteiger partial charge on any atom is 0.256 e. The van der Waals surface area contributed by atoms with Gasteiger partial charge in [-0.15, -0.1) is 0 Å². The molecule has 1 aliphatic rings. The van der Waals surface area contributed by atoms with E-state index in [2.05, 4.69) is 5.32 Å². The molecule has 1 rings (SSSR count). The first kappa shape index (κ1) is 12.0. The minimum atomic E-state index is -1.19. The Hall–Kier alpha value is 0.0500. The molecule has 0 spiro atoms. The predicted molar refractivity (Wildman–Crippen MR) is 52.6 cm³/mol. The van der Waals surface area contributed by atoms with E-state index in [1.807, 2.05) is 20.8 Å². The number of halogens is 2. The van der Waals surface area contributed by atoms with Crippen molar-refractivity contribution in [2.45, 2.75) is 44.0 Å². The van der Waals surface area contributed by atoms with Crippen LogP contribution in [0.5, 0.6) is 0 Å². The van der Waals surface area contributed by atoms with Crippen LogP contribution in [0.3, 0.4) is 0 Å². The van der Waals surface area contributed by atoms with Crippen LogP contribution in [0.25, 0.3) is 0 Å². The zero-order valence-corrected chi connectivity index (χ0v) is 9.17.